The van der Waals surface area contributed by atoms with E-state index in [1.165, 1.54) is 49.4 Å². The standard InChI is InChI=1S/C17H23ClN2/c18-15-7-8-17-14(13-15)9-11-20(17)12-10-19-16-5-3-1-2-4-6-16/h7-9,11,13,16,19H,1-6,10,12H2. The third-order valence-electron chi connectivity index (χ3n) is 4.37. The van der Waals surface area contributed by atoms with E-state index in [9.17, 15) is 0 Å². The number of rotatable bonds is 4. The van der Waals surface area contributed by atoms with Gasteiger partial charge in [0.2, 0.25) is 0 Å². The number of hydrogen-bond donors (Lipinski definition) is 1. The van der Waals surface area contributed by atoms with Crippen molar-refractivity contribution < 1.29 is 0 Å². The molecule has 0 amide bonds. The van der Waals surface area contributed by atoms with Crippen molar-refractivity contribution in [1.82, 2.24) is 9.88 Å². The lowest BCUT2D eigenvalue weighted by Gasteiger charge is -2.16. The molecule has 1 heterocycles. The molecule has 3 rings (SSSR count). The van der Waals surface area contributed by atoms with Crippen molar-refractivity contribution in [1.29, 1.82) is 0 Å². The highest BCUT2D eigenvalue weighted by Crippen LogP contribution is 2.20. The van der Waals surface area contributed by atoms with Gasteiger partial charge in [-0.15, -0.1) is 0 Å². The van der Waals surface area contributed by atoms with Crippen molar-refractivity contribution in [3.05, 3.63) is 35.5 Å². The Morgan fingerprint density at radius 3 is 2.70 bits per heavy atom. The molecular formula is C17H23ClN2. The van der Waals surface area contributed by atoms with E-state index < -0.39 is 0 Å². The number of fused-ring (bicyclic) bond motifs is 1. The summed E-state index contributed by atoms with van der Waals surface area (Å²) in [6.07, 6.45) is 10.5. The van der Waals surface area contributed by atoms with Gasteiger partial charge in [-0.1, -0.05) is 37.3 Å². The van der Waals surface area contributed by atoms with Crippen molar-refractivity contribution in [2.75, 3.05) is 6.54 Å². The Morgan fingerprint density at radius 1 is 1.10 bits per heavy atom. The van der Waals surface area contributed by atoms with Gasteiger partial charge in [0, 0.05) is 41.3 Å². The Balaban J connectivity index is 1.57. The Labute approximate surface area is 126 Å². The lowest BCUT2D eigenvalue weighted by atomic mass is 10.1. The molecule has 2 aromatic rings. The second-order valence-electron chi connectivity index (χ2n) is 5.85. The summed E-state index contributed by atoms with van der Waals surface area (Å²) in [6.45, 7) is 2.08. The van der Waals surface area contributed by atoms with Crippen LogP contribution in [0.15, 0.2) is 30.5 Å². The number of aromatic nitrogens is 1. The van der Waals surface area contributed by atoms with Crippen LogP contribution in [0.25, 0.3) is 10.9 Å². The van der Waals surface area contributed by atoms with Crippen molar-refractivity contribution in [3.8, 4) is 0 Å². The molecule has 20 heavy (non-hydrogen) atoms. The second-order valence-corrected chi connectivity index (χ2v) is 6.29. The van der Waals surface area contributed by atoms with Crippen molar-refractivity contribution in [2.45, 2.75) is 51.1 Å². The van der Waals surface area contributed by atoms with Crippen molar-refractivity contribution in [3.63, 3.8) is 0 Å². The van der Waals surface area contributed by atoms with E-state index in [4.69, 9.17) is 11.6 Å². The van der Waals surface area contributed by atoms with Gasteiger partial charge in [-0.25, -0.2) is 0 Å². The van der Waals surface area contributed by atoms with Gasteiger partial charge in [0.1, 0.15) is 0 Å². The number of nitrogens with one attached hydrogen (secondary N) is 1. The molecule has 1 aromatic heterocycles. The minimum absolute atomic E-state index is 0.730. The Morgan fingerprint density at radius 2 is 1.90 bits per heavy atom. The summed E-state index contributed by atoms with van der Waals surface area (Å²) >= 11 is 6.03. The molecule has 0 radical (unpaired) electrons. The zero-order chi connectivity index (χ0) is 13.8. The largest absolute Gasteiger partial charge is 0.346 e. The highest BCUT2D eigenvalue weighted by Gasteiger charge is 2.11. The Kier molecular flexibility index (Phi) is 4.64. The molecule has 0 spiro atoms. The molecule has 1 saturated carbocycles. The summed E-state index contributed by atoms with van der Waals surface area (Å²) in [5.74, 6) is 0. The van der Waals surface area contributed by atoms with Gasteiger partial charge in [0.15, 0.2) is 0 Å². The minimum Gasteiger partial charge on any atom is -0.346 e. The van der Waals surface area contributed by atoms with E-state index in [-0.39, 0.29) is 0 Å². The predicted octanol–water partition coefficient (Wildman–Crippen LogP) is 4.61. The summed E-state index contributed by atoms with van der Waals surface area (Å²) < 4.78 is 2.31. The maximum Gasteiger partial charge on any atom is 0.0481 e. The third kappa shape index (κ3) is 3.36. The fourth-order valence-corrected chi connectivity index (χ4v) is 3.42. The van der Waals surface area contributed by atoms with Gasteiger partial charge in [-0.3, -0.25) is 0 Å². The first kappa shape index (κ1) is 14.0. The maximum absolute atomic E-state index is 6.03. The zero-order valence-electron chi connectivity index (χ0n) is 11.9. The van der Waals surface area contributed by atoms with E-state index >= 15 is 0 Å². The highest BCUT2D eigenvalue weighted by molar-refractivity contribution is 6.31. The predicted molar refractivity (Wildman–Crippen MR) is 86.4 cm³/mol. The lowest BCUT2D eigenvalue weighted by molar-refractivity contribution is 0.447. The van der Waals surface area contributed by atoms with E-state index in [2.05, 4.69) is 28.2 Å². The molecule has 1 N–H and O–H groups in total. The number of nitrogens with zero attached hydrogens (tertiary/aromatic N) is 1. The van der Waals surface area contributed by atoms with Crippen LogP contribution in [0, 0.1) is 0 Å². The van der Waals surface area contributed by atoms with Crippen LogP contribution in [-0.2, 0) is 6.54 Å². The molecule has 0 unspecified atom stereocenters. The fourth-order valence-electron chi connectivity index (χ4n) is 3.24. The van der Waals surface area contributed by atoms with Crippen LogP contribution in [0.1, 0.15) is 38.5 Å². The molecular weight excluding hydrogens is 268 g/mol. The summed E-state index contributed by atoms with van der Waals surface area (Å²) in [4.78, 5) is 0. The molecule has 1 aliphatic rings. The zero-order valence-corrected chi connectivity index (χ0v) is 12.7. The van der Waals surface area contributed by atoms with Crippen LogP contribution in [0.4, 0.5) is 0 Å². The molecule has 108 valence electrons. The molecule has 0 aliphatic heterocycles. The topological polar surface area (TPSA) is 17.0 Å². The van der Waals surface area contributed by atoms with Crippen molar-refractivity contribution >= 4 is 22.5 Å². The molecule has 0 bridgehead atoms. The van der Waals surface area contributed by atoms with Crippen LogP contribution in [0.2, 0.25) is 5.02 Å². The van der Waals surface area contributed by atoms with Crippen LogP contribution in [0.3, 0.4) is 0 Å². The number of halogens is 1. The van der Waals surface area contributed by atoms with Crippen LogP contribution < -0.4 is 5.32 Å². The molecule has 2 nitrogen and oxygen atoms in total. The normalized spacial score (nSPS) is 17.4. The molecule has 1 fully saturated rings. The van der Waals surface area contributed by atoms with Gasteiger partial charge < -0.3 is 9.88 Å². The summed E-state index contributed by atoms with van der Waals surface area (Å²) in [5.41, 5.74) is 1.28. The first-order valence-electron chi connectivity index (χ1n) is 7.81. The van der Waals surface area contributed by atoms with E-state index in [0.717, 1.165) is 24.2 Å². The first-order chi connectivity index (χ1) is 9.83. The molecule has 1 aliphatic carbocycles. The third-order valence-corrected chi connectivity index (χ3v) is 4.61. The monoisotopic (exact) mass is 290 g/mol. The van der Waals surface area contributed by atoms with Gasteiger partial charge >= 0.3 is 0 Å². The van der Waals surface area contributed by atoms with Gasteiger partial charge in [0.05, 0.1) is 0 Å². The maximum atomic E-state index is 6.03. The van der Waals surface area contributed by atoms with E-state index in [1.807, 2.05) is 12.1 Å². The number of benzene rings is 1. The van der Waals surface area contributed by atoms with E-state index in [0.29, 0.717) is 0 Å². The smallest absolute Gasteiger partial charge is 0.0481 e. The van der Waals surface area contributed by atoms with Gasteiger partial charge in [-0.05, 0) is 37.1 Å². The number of hydrogen-bond acceptors (Lipinski definition) is 1. The molecule has 3 heteroatoms. The second kappa shape index (κ2) is 6.64. The lowest BCUT2D eigenvalue weighted by Crippen LogP contribution is -2.31. The van der Waals surface area contributed by atoms with Gasteiger partial charge in [0.25, 0.3) is 0 Å². The molecule has 0 saturated heterocycles. The van der Waals surface area contributed by atoms with Crippen LogP contribution in [0.5, 0.6) is 0 Å². The van der Waals surface area contributed by atoms with Crippen molar-refractivity contribution in [2.24, 2.45) is 0 Å². The first-order valence-corrected chi connectivity index (χ1v) is 8.18. The summed E-state index contributed by atoms with van der Waals surface area (Å²) in [5, 5.41) is 5.77. The van der Waals surface area contributed by atoms with Gasteiger partial charge in [-0.2, -0.15) is 0 Å². The minimum atomic E-state index is 0.730. The highest BCUT2D eigenvalue weighted by atomic mass is 35.5. The molecule has 1 aromatic carbocycles. The molecule has 0 atom stereocenters. The Hall–Kier alpha value is -0.990. The Bertz CT molecular complexity index is 553. The average Bonchev–Trinajstić information content (AvgIpc) is 2.67. The average molecular weight is 291 g/mol. The summed E-state index contributed by atoms with van der Waals surface area (Å²) in [7, 11) is 0. The fraction of sp³-hybridized carbons (Fsp3) is 0.529. The SMILES string of the molecule is Clc1ccc2c(ccn2CCNC2CCCCCC2)c1. The van der Waals surface area contributed by atoms with Crippen LogP contribution >= 0.6 is 11.6 Å². The quantitative estimate of drug-likeness (QED) is 0.814. The summed E-state index contributed by atoms with van der Waals surface area (Å²) in [6, 6.07) is 9.00. The van der Waals surface area contributed by atoms with Crippen LogP contribution in [-0.4, -0.2) is 17.2 Å². The van der Waals surface area contributed by atoms with E-state index in [1.54, 1.807) is 0 Å².